The Morgan fingerprint density at radius 2 is 1.83 bits per heavy atom. The lowest BCUT2D eigenvalue weighted by Crippen LogP contribution is -2.11. The van der Waals surface area contributed by atoms with Crippen molar-refractivity contribution >= 4 is 0 Å². The van der Waals surface area contributed by atoms with Crippen LogP contribution < -0.4 is 5.32 Å². The molecule has 2 aromatic rings. The van der Waals surface area contributed by atoms with Gasteiger partial charge in [0, 0.05) is 25.0 Å². The molecule has 1 aromatic carbocycles. The molecular weight excluding hydrogens is 220 g/mol. The van der Waals surface area contributed by atoms with Gasteiger partial charge in [-0.25, -0.2) is 0 Å². The quantitative estimate of drug-likeness (QED) is 0.738. The van der Waals surface area contributed by atoms with E-state index in [0.717, 1.165) is 13.1 Å². The zero-order chi connectivity index (χ0) is 12.6. The standard InChI is InChI=1S/C16H22N2/c1-17-14-16-11-7-13-18(16)12-6-5-10-15-8-3-2-4-9-15/h2-4,7-9,11,13,17H,5-6,10,12,14H2,1H3. The molecule has 1 aromatic heterocycles. The fourth-order valence-corrected chi connectivity index (χ4v) is 2.27. The van der Waals surface area contributed by atoms with Gasteiger partial charge in [-0.1, -0.05) is 30.3 Å². The number of rotatable bonds is 7. The van der Waals surface area contributed by atoms with Crippen LogP contribution in [0, 0.1) is 0 Å². The van der Waals surface area contributed by atoms with Gasteiger partial charge < -0.3 is 9.88 Å². The van der Waals surface area contributed by atoms with Crippen molar-refractivity contribution in [3.63, 3.8) is 0 Å². The maximum Gasteiger partial charge on any atom is 0.0356 e. The zero-order valence-electron chi connectivity index (χ0n) is 11.1. The molecule has 0 aliphatic rings. The Bertz CT molecular complexity index is 445. The first kappa shape index (κ1) is 12.9. The summed E-state index contributed by atoms with van der Waals surface area (Å²) in [6.45, 7) is 2.07. The molecule has 0 aliphatic carbocycles. The maximum atomic E-state index is 3.21. The fraction of sp³-hybridized carbons (Fsp3) is 0.375. The van der Waals surface area contributed by atoms with Crippen LogP contribution in [-0.2, 0) is 19.5 Å². The number of aryl methyl sites for hydroxylation is 2. The third-order valence-electron chi connectivity index (χ3n) is 3.24. The highest BCUT2D eigenvalue weighted by Gasteiger charge is 1.99. The zero-order valence-corrected chi connectivity index (χ0v) is 11.1. The molecule has 1 heterocycles. The Morgan fingerprint density at radius 1 is 1.00 bits per heavy atom. The molecule has 2 rings (SSSR count). The molecule has 0 amide bonds. The van der Waals surface area contributed by atoms with Gasteiger partial charge in [-0.2, -0.15) is 0 Å². The predicted octanol–water partition coefficient (Wildman–Crippen LogP) is 3.23. The molecule has 0 aliphatic heterocycles. The molecule has 96 valence electrons. The second-order valence-corrected chi connectivity index (χ2v) is 4.67. The maximum absolute atomic E-state index is 3.21. The number of benzene rings is 1. The lowest BCUT2D eigenvalue weighted by Gasteiger charge is -2.08. The summed E-state index contributed by atoms with van der Waals surface area (Å²) in [6, 6.07) is 15.0. The summed E-state index contributed by atoms with van der Waals surface area (Å²) in [5.41, 5.74) is 2.82. The van der Waals surface area contributed by atoms with Crippen molar-refractivity contribution in [3.8, 4) is 0 Å². The first-order valence-corrected chi connectivity index (χ1v) is 6.72. The van der Waals surface area contributed by atoms with Crippen LogP contribution in [0.4, 0.5) is 0 Å². The summed E-state index contributed by atoms with van der Waals surface area (Å²) in [5.74, 6) is 0. The highest BCUT2D eigenvalue weighted by molar-refractivity contribution is 5.14. The molecule has 0 radical (unpaired) electrons. The second kappa shape index (κ2) is 7.02. The molecule has 18 heavy (non-hydrogen) atoms. The van der Waals surface area contributed by atoms with E-state index in [-0.39, 0.29) is 0 Å². The monoisotopic (exact) mass is 242 g/mol. The molecule has 1 N–H and O–H groups in total. The molecule has 0 saturated heterocycles. The minimum atomic E-state index is 0.950. The summed E-state index contributed by atoms with van der Waals surface area (Å²) in [7, 11) is 1.99. The smallest absolute Gasteiger partial charge is 0.0356 e. The van der Waals surface area contributed by atoms with E-state index in [1.54, 1.807) is 0 Å². The van der Waals surface area contributed by atoms with Crippen LogP contribution in [0.3, 0.4) is 0 Å². The first-order valence-electron chi connectivity index (χ1n) is 6.72. The van der Waals surface area contributed by atoms with E-state index < -0.39 is 0 Å². The minimum absolute atomic E-state index is 0.950. The van der Waals surface area contributed by atoms with Gasteiger partial charge in [-0.3, -0.25) is 0 Å². The summed E-state index contributed by atoms with van der Waals surface area (Å²) in [6.07, 6.45) is 5.85. The van der Waals surface area contributed by atoms with Crippen molar-refractivity contribution in [2.75, 3.05) is 7.05 Å². The average molecular weight is 242 g/mol. The van der Waals surface area contributed by atoms with Crippen LogP contribution in [-0.4, -0.2) is 11.6 Å². The summed E-state index contributed by atoms with van der Waals surface area (Å²) >= 11 is 0. The predicted molar refractivity (Wildman–Crippen MR) is 76.6 cm³/mol. The molecule has 0 unspecified atom stereocenters. The number of nitrogens with zero attached hydrogens (tertiary/aromatic N) is 1. The SMILES string of the molecule is CNCc1cccn1CCCCc1ccccc1. The fourth-order valence-electron chi connectivity index (χ4n) is 2.27. The van der Waals surface area contributed by atoms with E-state index in [9.17, 15) is 0 Å². The van der Waals surface area contributed by atoms with Crippen LogP contribution in [0.5, 0.6) is 0 Å². The van der Waals surface area contributed by atoms with Crippen LogP contribution in [0.25, 0.3) is 0 Å². The normalized spacial score (nSPS) is 10.7. The second-order valence-electron chi connectivity index (χ2n) is 4.67. The molecular formula is C16H22N2. The van der Waals surface area contributed by atoms with E-state index in [0.29, 0.717) is 0 Å². The molecule has 0 bridgehead atoms. The summed E-state index contributed by atoms with van der Waals surface area (Å²) in [4.78, 5) is 0. The van der Waals surface area contributed by atoms with E-state index in [1.165, 1.54) is 30.5 Å². The molecule has 0 saturated carbocycles. The number of nitrogens with one attached hydrogen (secondary N) is 1. The van der Waals surface area contributed by atoms with Crippen molar-refractivity contribution in [3.05, 3.63) is 59.9 Å². The van der Waals surface area contributed by atoms with Gasteiger partial charge in [0.2, 0.25) is 0 Å². The minimum Gasteiger partial charge on any atom is -0.350 e. The van der Waals surface area contributed by atoms with E-state index in [4.69, 9.17) is 0 Å². The highest BCUT2D eigenvalue weighted by atomic mass is 15.0. The summed E-state index contributed by atoms with van der Waals surface area (Å²) in [5, 5.41) is 3.21. The third-order valence-corrected chi connectivity index (χ3v) is 3.24. The van der Waals surface area contributed by atoms with E-state index in [2.05, 4.69) is 58.5 Å². The van der Waals surface area contributed by atoms with Gasteiger partial charge in [-0.05, 0) is 44.0 Å². The topological polar surface area (TPSA) is 17.0 Å². The van der Waals surface area contributed by atoms with Crippen molar-refractivity contribution in [1.82, 2.24) is 9.88 Å². The number of unbranched alkanes of at least 4 members (excludes halogenated alkanes) is 1. The average Bonchev–Trinajstić information content (AvgIpc) is 2.84. The van der Waals surface area contributed by atoms with Gasteiger partial charge in [0.25, 0.3) is 0 Å². The van der Waals surface area contributed by atoms with Gasteiger partial charge >= 0.3 is 0 Å². The molecule has 0 atom stereocenters. The summed E-state index contributed by atoms with van der Waals surface area (Å²) < 4.78 is 2.35. The Kier molecular flexibility index (Phi) is 5.03. The van der Waals surface area contributed by atoms with Crippen molar-refractivity contribution in [1.29, 1.82) is 0 Å². The van der Waals surface area contributed by atoms with Gasteiger partial charge in [0.15, 0.2) is 0 Å². The Labute approximate surface area is 110 Å². The van der Waals surface area contributed by atoms with E-state index >= 15 is 0 Å². The van der Waals surface area contributed by atoms with Crippen molar-refractivity contribution in [2.24, 2.45) is 0 Å². The van der Waals surface area contributed by atoms with Gasteiger partial charge in [-0.15, -0.1) is 0 Å². The lowest BCUT2D eigenvalue weighted by molar-refractivity contribution is 0.582. The number of aromatic nitrogens is 1. The molecule has 2 heteroatoms. The molecule has 0 fully saturated rings. The van der Waals surface area contributed by atoms with Crippen molar-refractivity contribution < 1.29 is 0 Å². The number of hydrogen-bond acceptors (Lipinski definition) is 1. The van der Waals surface area contributed by atoms with E-state index in [1.807, 2.05) is 7.05 Å². The Morgan fingerprint density at radius 3 is 2.61 bits per heavy atom. The Hall–Kier alpha value is -1.54. The third kappa shape index (κ3) is 3.74. The highest BCUT2D eigenvalue weighted by Crippen LogP contribution is 2.08. The van der Waals surface area contributed by atoms with Crippen LogP contribution >= 0.6 is 0 Å². The van der Waals surface area contributed by atoms with Crippen LogP contribution in [0.15, 0.2) is 48.7 Å². The first-order chi connectivity index (χ1) is 8.90. The van der Waals surface area contributed by atoms with Crippen LogP contribution in [0.1, 0.15) is 24.1 Å². The van der Waals surface area contributed by atoms with Gasteiger partial charge in [0.05, 0.1) is 0 Å². The lowest BCUT2D eigenvalue weighted by atomic mass is 10.1. The van der Waals surface area contributed by atoms with Crippen LogP contribution in [0.2, 0.25) is 0 Å². The van der Waals surface area contributed by atoms with Gasteiger partial charge in [0.1, 0.15) is 0 Å². The van der Waals surface area contributed by atoms with Crippen molar-refractivity contribution in [2.45, 2.75) is 32.4 Å². The molecule has 0 spiro atoms. The largest absolute Gasteiger partial charge is 0.350 e. The Balaban J connectivity index is 1.73. The number of hydrogen-bond donors (Lipinski definition) is 1. The molecule has 2 nitrogen and oxygen atoms in total.